The summed E-state index contributed by atoms with van der Waals surface area (Å²) in [5.41, 5.74) is 9.31. The molecule has 4 heterocycles. The van der Waals surface area contributed by atoms with Crippen molar-refractivity contribution in [2.24, 2.45) is 16.3 Å². The Bertz CT molecular complexity index is 2190. The first-order valence-corrected chi connectivity index (χ1v) is 20.8. The van der Waals surface area contributed by atoms with E-state index in [0.717, 1.165) is 44.6 Å². The summed E-state index contributed by atoms with van der Waals surface area (Å²) in [4.78, 5) is 61.1. The molecule has 3 aliphatic rings. The van der Waals surface area contributed by atoms with Crippen LogP contribution in [0.3, 0.4) is 0 Å². The fourth-order valence-corrected chi connectivity index (χ4v) is 8.94. The molecule has 13 heteroatoms. The van der Waals surface area contributed by atoms with Crippen molar-refractivity contribution in [3.05, 3.63) is 71.6 Å². The lowest BCUT2D eigenvalue weighted by Crippen LogP contribution is -2.61. The molecule has 6 bridgehead atoms. The van der Waals surface area contributed by atoms with Gasteiger partial charge in [0.1, 0.15) is 23.9 Å². The predicted molar refractivity (Wildman–Crippen MR) is 229 cm³/mol. The van der Waals surface area contributed by atoms with Crippen LogP contribution in [0.4, 0.5) is 0 Å². The molecule has 2 aromatic carbocycles. The highest BCUT2D eigenvalue weighted by Gasteiger charge is 2.41. The number of hydrogen-bond donors (Lipinski definition) is 3. The van der Waals surface area contributed by atoms with Crippen molar-refractivity contribution in [2.75, 3.05) is 26.8 Å². The molecular weight excluding hydrogens is 749 g/mol. The number of nitrogens with zero attached hydrogens (tertiary/aromatic N) is 4. The third-order valence-corrected chi connectivity index (χ3v) is 12.0. The van der Waals surface area contributed by atoms with E-state index in [2.05, 4.69) is 54.8 Å². The number of carbonyl (C=O) groups excluding carboxylic acids is 4. The van der Waals surface area contributed by atoms with Crippen LogP contribution in [0, 0.1) is 11.3 Å². The fourth-order valence-electron chi connectivity index (χ4n) is 8.94. The molecule has 316 valence electrons. The number of esters is 1. The van der Waals surface area contributed by atoms with Gasteiger partial charge in [-0.3, -0.25) is 29.2 Å². The number of benzene rings is 2. The maximum atomic E-state index is 14.4. The molecule has 0 unspecified atom stereocenters. The molecule has 6 rings (SSSR count). The monoisotopic (exact) mass is 808 g/mol. The van der Waals surface area contributed by atoms with Gasteiger partial charge < -0.3 is 29.4 Å². The minimum absolute atomic E-state index is 0.0104. The van der Waals surface area contributed by atoms with Crippen LogP contribution in [0.1, 0.15) is 84.5 Å². The molecule has 3 aliphatic heterocycles. The molecule has 0 saturated carbocycles. The summed E-state index contributed by atoms with van der Waals surface area (Å²) in [6, 6.07) is 8.87. The van der Waals surface area contributed by atoms with Crippen LogP contribution in [-0.2, 0) is 48.0 Å². The van der Waals surface area contributed by atoms with Gasteiger partial charge in [-0.1, -0.05) is 45.6 Å². The molecule has 59 heavy (non-hydrogen) atoms. The van der Waals surface area contributed by atoms with Crippen molar-refractivity contribution in [1.82, 2.24) is 25.2 Å². The minimum atomic E-state index is -1.08. The summed E-state index contributed by atoms with van der Waals surface area (Å²) in [6.07, 6.45) is 5.50. The number of rotatable bonds is 8. The van der Waals surface area contributed by atoms with E-state index in [9.17, 15) is 24.3 Å². The van der Waals surface area contributed by atoms with Gasteiger partial charge in [0, 0.05) is 68.2 Å². The summed E-state index contributed by atoms with van der Waals surface area (Å²) in [5.74, 6) is -1.62. The Morgan fingerprint density at radius 1 is 1.15 bits per heavy atom. The fraction of sp³-hybridized carbons (Fsp3) is 0.500. The van der Waals surface area contributed by atoms with Gasteiger partial charge in [0.2, 0.25) is 11.8 Å². The zero-order valence-electron chi connectivity index (χ0n) is 35.8. The average molecular weight is 809 g/mol. The number of allylic oxidation sites excluding steroid dienone is 2. The van der Waals surface area contributed by atoms with Crippen LogP contribution in [-0.4, -0.2) is 101 Å². The van der Waals surface area contributed by atoms with Crippen LogP contribution in [0.2, 0.25) is 0 Å². The number of hydrazine groups is 1. The smallest absolute Gasteiger partial charge is 0.324 e. The van der Waals surface area contributed by atoms with Crippen molar-refractivity contribution >= 4 is 46.4 Å². The summed E-state index contributed by atoms with van der Waals surface area (Å²) < 4.78 is 14.1. The molecule has 1 aromatic heterocycles. The summed E-state index contributed by atoms with van der Waals surface area (Å²) >= 11 is 0. The Morgan fingerprint density at radius 3 is 2.59 bits per heavy atom. The lowest BCUT2D eigenvalue weighted by atomic mass is 9.84. The van der Waals surface area contributed by atoms with Gasteiger partial charge in [-0.25, -0.2) is 5.43 Å². The number of ether oxygens (including phenoxy) is 2. The third kappa shape index (κ3) is 9.01. The first-order valence-electron chi connectivity index (χ1n) is 20.8. The van der Waals surface area contributed by atoms with Crippen molar-refractivity contribution in [3.8, 4) is 16.9 Å². The van der Waals surface area contributed by atoms with Gasteiger partial charge in [0.25, 0.3) is 5.91 Å². The number of fused-ring (bicyclic) bond motifs is 6. The van der Waals surface area contributed by atoms with Gasteiger partial charge in [-0.05, 0) is 98.9 Å². The number of nitrogens with one attached hydrogen (secondary N) is 2. The highest BCUT2D eigenvalue weighted by molar-refractivity contribution is 5.96. The number of aromatic nitrogens is 1. The summed E-state index contributed by atoms with van der Waals surface area (Å²) in [5, 5.41) is 16.6. The lowest BCUT2D eigenvalue weighted by molar-refractivity contribution is -0.155. The Morgan fingerprint density at radius 2 is 1.92 bits per heavy atom. The van der Waals surface area contributed by atoms with Crippen LogP contribution < -0.4 is 10.7 Å². The van der Waals surface area contributed by atoms with Gasteiger partial charge in [0.05, 0.1) is 24.1 Å². The second-order valence-corrected chi connectivity index (χ2v) is 16.9. The van der Waals surface area contributed by atoms with E-state index in [1.54, 1.807) is 30.4 Å². The number of hydrogen-bond acceptors (Lipinski definition) is 9. The molecule has 13 nitrogen and oxygen atoms in total. The molecule has 2 saturated heterocycles. The molecule has 2 fully saturated rings. The molecule has 0 aliphatic carbocycles. The van der Waals surface area contributed by atoms with E-state index < -0.39 is 41.3 Å². The molecular formula is C46H60N6O7. The molecule has 3 aromatic rings. The number of phenols is 1. The normalized spacial score (nSPS) is 23.5. The van der Waals surface area contributed by atoms with Gasteiger partial charge in [0.15, 0.2) is 0 Å². The second kappa shape index (κ2) is 17.9. The zero-order chi connectivity index (χ0) is 42.8. The number of aryl methyl sites for hydroxylation is 1. The quantitative estimate of drug-likeness (QED) is 0.143. The van der Waals surface area contributed by atoms with Gasteiger partial charge >= 0.3 is 5.97 Å². The predicted octanol–water partition coefficient (Wildman–Crippen LogP) is 5.96. The first kappa shape index (κ1) is 43.3. The first-order chi connectivity index (χ1) is 28.1. The average Bonchev–Trinajstić information content (AvgIpc) is 3.75. The SMILES string of the molecule is C=C/C(=C(\N=CC)[C@H](C)OC)c1c2c3cc(ccc3n1CC)-c1cc(O)cc(c1)C[C@H](NC(=O)[C@@H]1[C@H](C)CCN1C(C)=O)C(=O)N1CCC[C@H](N1)C(=O)OCC(C)(C)C2. The molecule has 0 radical (unpaired) electrons. The number of likely N-dealkylation sites (tertiary alicyclic amines) is 1. The number of methoxy groups -OCH3 is 1. The van der Waals surface area contributed by atoms with E-state index in [4.69, 9.17) is 14.5 Å². The van der Waals surface area contributed by atoms with Crippen LogP contribution in [0.25, 0.3) is 27.6 Å². The highest BCUT2D eigenvalue weighted by Crippen LogP contribution is 2.40. The summed E-state index contributed by atoms with van der Waals surface area (Å²) in [7, 11) is 1.66. The topological polar surface area (TPSA) is 155 Å². The van der Waals surface area contributed by atoms with Crippen LogP contribution in [0.15, 0.2) is 59.7 Å². The Hall–Kier alpha value is -5.27. The van der Waals surface area contributed by atoms with E-state index in [1.807, 2.05) is 39.0 Å². The van der Waals surface area contributed by atoms with E-state index >= 15 is 0 Å². The largest absolute Gasteiger partial charge is 0.508 e. The Labute approximate surface area is 347 Å². The lowest BCUT2D eigenvalue weighted by Gasteiger charge is -2.36. The maximum absolute atomic E-state index is 14.4. The number of phenolic OH excluding ortho intramolecular Hbond substituents is 1. The van der Waals surface area contributed by atoms with Gasteiger partial charge in [-0.2, -0.15) is 0 Å². The minimum Gasteiger partial charge on any atom is -0.508 e. The third-order valence-electron chi connectivity index (χ3n) is 12.0. The molecule has 5 atom stereocenters. The zero-order valence-corrected chi connectivity index (χ0v) is 35.8. The van der Waals surface area contributed by atoms with Crippen molar-refractivity contribution in [2.45, 2.75) is 111 Å². The highest BCUT2D eigenvalue weighted by atomic mass is 16.5. The Balaban J connectivity index is 1.54. The van der Waals surface area contributed by atoms with E-state index in [-0.39, 0.29) is 36.7 Å². The van der Waals surface area contributed by atoms with E-state index in [0.29, 0.717) is 50.9 Å². The summed E-state index contributed by atoms with van der Waals surface area (Å²) in [6.45, 7) is 19.2. The van der Waals surface area contributed by atoms with Gasteiger partial charge in [-0.15, -0.1) is 0 Å². The number of carbonyl (C=O) groups is 4. The van der Waals surface area contributed by atoms with Crippen molar-refractivity contribution in [3.63, 3.8) is 0 Å². The number of cyclic esters (lactones) is 1. The molecule has 3 N–H and O–H groups in total. The van der Waals surface area contributed by atoms with Crippen molar-refractivity contribution in [1.29, 1.82) is 0 Å². The number of aliphatic imine (C=N–C) groups is 1. The maximum Gasteiger partial charge on any atom is 0.324 e. The number of aromatic hydroxyl groups is 1. The standard InChI is InChI=1S/C46H60N6O7/c1-10-34(40(47-11-2)28(5)58-9)42-36-25-46(7,8)26-59-45(57)37-14-13-18-52(49-37)44(56)38(48-43(55)41-27(4)17-19-51(41)29(6)53)22-30-20-32(23-33(54)21-30)31-15-16-39(35(36)24-31)50(42)12-3/h10-11,15-16,20-21,23-24,27-28,37-38,41,49,54H,1,12-14,17-19,22,25-26H2,2-9H3,(H,48,55)/b40-34+,47-11?/t27-,28+,37+,38+,41+/m1/s1. The number of amides is 3. The van der Waals surface area contributed by atoms with Crippen LogP contribution in [0.5, 0.6) is 5.75 Å². The van der Waals surface area contributed by atoms with Crippen molar-refractivity contribution < 1.29 is 33.8 Å². The Kier molecular flexibility index (Phi) is 13.2. The van der Waals surface area contributed by atoms with E-state index in [1.165, 1.54) is 11.9 Å². The van der Waals surface area contributed by atoms with Crippen LogP contribution >= 0.6 is 0 Å². The molecule has 3 amide bonds. The molecule has 0 spiro atoms. The second-order valence-electron chi connectivity index (χ2n) is 16.9.